The molecule has 1 aliphatic rings. The van der Waals surface area contributed by atoms with Gasteiger partial charge in [-0.3, -0.25) is 4.79 Å². The molecule has 0 spiro atoms. The molecule has 1 saturated heterocycles. The van der Waals surface area contributed by atoms with E-state index in [2.05, 4.69) is 9.88 Å². The first-order valence-corrected chi connectivity index (χ1v) is 9.80. The summed E-state index contributed by atoms with van der Waals surface area (Å²) < 4.78 is 25.4. The fourth-order valence-electron chi connectivity index (χ4n) is 3.11. The highest BCUT2D eigenvalue weighted by molar-refractivity contribution is 7.22. The molecule has 1 amide bonds. The van der Waals surface area contributed by atoms with Crippen molar-refractivity contribution < 1.29 is 18.7 Å². The van der Waals surface area contributed by atoms with Crippen molar-refractivity contribution in [2.24, 2.45) is 0 Å². The summed E-state index contributed by atoms with van der Waals surface area (Å²) in [6.45, 7) is 2.47. The van der Waals surface area contributed by atoms with Crippen molar-refractivity contribution in [1.82, 2.24) is 9.88 Å². The molecule has 28 heavy (non-hydrogen) atoms. The van der Waals surface area contributed by atoms with Gasteiger partial charge in [-0.15, -0.1) is 0 Å². The maximum atomic E-state index is 13.9. The Morgan fingerprint density at radius 2 is 1.89 bits per heavy atom. The minimum absolute atomic E-state index is 0.0144. The zero-order valence-corrected chi connectivity index (χ0v) is 16.2. The van der Waals surface area contributed by atoms with Crippen LogP contribution in [0.1, 0.15) is 0 Å². The lowest BCUT2D eigenvalue weighted by atomic mass is 10.3. The second-order valence-corrected chi connectivity index (χ2v) is 7.43. The number of para-hydroxylation sites is 1. The van der Waals surface area contributed by atoms with E-state index < -0.39 is 0 Å². The number of piperazine rings is 1. The van der Waals surface area contributed by atoms with Crippen LogP contribution in [-0.2, 0) is 4.79 Å². The molecule has 0 unspecified atom stereocenters. The zero-order valence-electron chi connectivity index (χ0n) is 15.4. The Kier molecular flexibility index (Phi) is 5.29. The van der Waals surface area contributed by atoms with Crippen molar-refractivity contribution in [1.29, 1.82) is 0 Å². The highest BCUT2D eigenvalue weighted by Crippen LogP contribution is 2.30. The van der Waals surface area contributed by atoms with Crippen molar-refractivity contribution in [3.05, 3.63) is 48.3 Å². The van der Waals surface area contributed by atoms with Gasteiger partial charge in [0.15, 0.2) is 11.7 Å². The summed E-state index contributed by atoms with van der Waals surface area (Å²) in [5.41, 5.74) is 0.410. The summed E-state index contributed by atoms with van der Waals surface area (Å²) in [7, 11) is 1.59. The molecule has 0 radical (unpaired) electrons. The predicted octanol–water partition coefficient (Wildman–Crippen LogP) is 3.17. The van der Waals surface area contributed by atoms with Crippen LogP contribution in [0.2, 0.25) is 0 Å². The third-order valence-electron chi connectivity index (χ3n) is 4.66. The zero-order chi connectivity index (χ0) is 19.5. The van der Waals surface area contributed by atoms with Gasteiger partial charge < -0.3 is 19.3 Å². The van der Waals surface area contributed by atoms with Crippen LogP contribution in [0.5, 0.6) is 11.5 Å². The van der Waals surface area contributed by atoms with E-state index in [1.807, 2.05) is 18.2 Å². The van der Waals surface area contributed by atoms with Gasteiger partial charge in [0.2, 0.25) is 0 Å². The minimum Gasteiger partial charge on any atom is -0.497 e. The standard InChI is InChI=1S/C20H20FN3O3S/c1-26-14-4-2-5-15(12-14)27-13-18(25)23-8-10-24(11-9-23)20-22-19-16(21)6-3-7-17(19)28-20/h2-7,12H,8-11,13H2,1H3. The van der Waals surface area contributed by atoms with Crippen molar-refractivity contribution in [2.75, 3.05) is 44.8 Å². The topological polar surface area (TPSA) is 54.9 Å². The van der Waals surface area contributed by atoms with E-state index in [9.17, 15) is 9.18 Å². The average Bonchev–Trinajstić information content (AvgIpc) is 3.18. The smallest absolute Gasteiger partial charge is 0.260 e. The van der Waals surface area contributed by atoms with Gasteiger partial charge in [0.25, 0.3) is 5.91 Å². The van der Waals surface area contributed by atoms with Gasteiger partial charge in [0.05, 0.1) is 11.8 Å². The highest BCUT2D eigenvalue weighted by Gasteiger charge is 2.23. The quantitative estimate of drug-likeness (QED) is 0.657. The van der Waals surface area contributed by atoms with E-state index >= 15 is 0 Å². The van der Waals surface area contributed by atoms with Gasteiger partial charge in [-0.25, -0.2) is 9.37 Å². The number of aromatic nitrogens is 1. The lowest BCUT2D eigenvalue weighted by Gasteiger charge is -2.34. The summed E-state index contributed by atoms with van der Waals surface area (Å²) in [4.78, 5) is 20.7. The second-order valence-electron chi connectivity index (χ2n) is 6.42. The van der Waals surface area contributed by atoms with Crippen LogP contribution >= 0.6 is 11.3 Å². The Morgan fingerprint density at radius 1 is 1.14 bits per heavy atom. The average molecular weight is 401 g/mol. The number of fused-ring (bicyclic) bond motifs is 1. The molecule has 2 heterocycles. The molecule has 0 saturated carbocycles. The number of benzene rings is 2. The first kappa shape index (κ1) is 18.5. The van der Waals surface area contributed by atoms with Crippen molar-refractivity contribution in [3.8, 4) is 11.5 Å². The van der Waals surface area contributed by atoms with E-state index in [4.69, 9.17) is 9.47 Å². The Morgan fingerprint density at radius 3 is 2.64 bits per heavy atom. The van der Waals surface area contributed by atoms with Gasteiger partial charge in [-0.05, 0) is 24.3 Å². The molecule has 6 nitrogen and oxygen atoms in total. The number of carbonyl (C=O) groups excluding carboxylic acids is 1. The number of hydrogen-bond donors (Lipinski definition) is 0. The lowest BCUT2D eigenvalue weighted by molar-refractivity contribution is -0.133. The lowest BCUT2D eigenvalue weighted by Crippen LogP contribution is -2.50. The molecule has 1 fully saturated rings. The van der Waals surface area contributed by atoms with Crippen LogP contribution in [0.25, 0.3) is 10.2 Å². The molecule has 4 rings (SSSR count). The number of methoxy groups -OCH3 is 1. The minimum atomic E-state index is -0.302. The van der Waals surface area contributed by atoms with E-state index in [1.54, 1.807) is 30.2 Å². The number of thiazole rings is 1. The molecular formula is C20H20FN3O3S. The molecule has 0 N–H and O–H groups in total. The Balaban J connectivity index is 1.32. The number of nitrogens with zero attached hydrogens (tertiary/aromatic N) is 3. The molecule has 1 aromatic heterocycles. The molecule has 3 aromatic rings. The van der Waals surface area contributed by atoms with Gasteiger partial charge in [-0.1, -0.05) is 23.5 Å². The van der Waals surface area contributed by atoms with Gasteiger partial charge in [0, 0.05) is 32.2 Å². The van der Waals surface area contributed by atoms with Crippen LogP contribution in [-0.4, -0.2) is 55.7 Å². The number of halogens is 1. The van der Waals surface area contributed by atoms with Crippen molar-refractivity contribution in [2.45, 2.75) is 0 Å². The van der Waals surface area contributed by atoms with Gasteiger partial charge >= 0.3 is 0 Å². The largest absolute Gasteiger partial charge is 0.497 e. The number of anilines is 1. The van der Waals surface area contributed by atoms with Crippen LogP contribution in [0.3, 0.4) is 0 Å². The summed E-state index contributed by atoms with van der Waals surface area (Å²) in [6, 6.07) is 12.2. The fraction of sp³-hybridized carbons (Fsp3) is 0.300. The van der Waals surface area contributed by atoms with Crippen molar-refractivity contribution >= 4 is 32.6 Å². The summed E-state index contributed by atoms with van der Waals surface area (Å²) in [5, 5.41) is 0.792. The summed E-state index contributed by atoms with van der Waals surface area (Å²) in [6.07, 6.45) is 0. The fourth-order valence-corrected chi connectivity index (χ4v) is 4.14. The number of amides is 1. The predicted molar refractivity (Wildman–Crippen MR) is 107 cm³/mol. The number of hydrogen-bond acceptors (Lipinski definition) is 6. The highest BCUT2D eigenvalue weighted by atomic mass is 32.1. The monoisotopic (exact) mass is 401 g/mol. The van der Waals surface area contributed by atoms with Crippen molar-refractivity contribution in [3.63, 3.8) is 0 Å². The molecule has 0 atom stereocenters. The van der Waals surface area contributed by atoms with Crippen LogP contribution in [0, 0.1) is 5.82 Å². The first-order valence-electron chi connectivity index (χ1n) is 8.98. The third-order valence-corrected chi connectivity index (χ3v) is 5.75. The number of ether oxygens (including phenoxy) is 2. The molecule has 1 aliphatic heterocycles. The number of rotatable bonds is 5. The molecule has 0 bridgehead atoms. The van der Waals surface area contributed by atoms with Crippen LogP contribution in [0.4, 0.5) is 9.52 Å². The second kappa shape index (κ2) is 8.02. The van der Waals surface area contributed by atoms with Gasteiger partial charge in [0.1, 0.15) is 22.8 Å². The molecule has 146 valence electrons. The first-order chi connectivity index (χ1) is 13.6. The SMILES string of the molecule is COc1cccc(OCC(=O)N2CCN(c3nc4c(F)cccc4s3)CC2)c1. The van der Waals surface area contributed by atoms with E-state index in [0.29, 0.717) is 43.2 Å². The summed E-state index contributed by atoms with van der Waals surface area (Å²) >= 11 is 1.47. The molecule has 2 aromatic carbocycles. The molecule has 8 heteroatoms. The Labute approximate surface area is 166 Å². The van der Waals surface area contributed by atoms with E-state index in [0.717, 1.165) is 9.83 Å². The van der Waals surface area contributed by atoms with Crippen LogP contribution < -0.4 is 14.4 Å². The Bertz CT molecular complexity index is 986. The van der Waals surface area contributed by atoms with Gasteiger partial charge in [-0.2, -0.15) is 0 Å². The maximum Gasteiger partial charge on any atom is 0.260 e. The van der Waals surface area contributed by atoms with E-state index in [1.165, 1.54) is 17.4 Å². The van der Waals surface area contributed by atoms with E-state index in [-0.39, 0.29) is 18.3 Å². The maximum absolute atomic E-state index is 13.9. The normalized spacial score (nSPS) is 14.4. The number of carbonyl (C=O) groups is 1. The third kappa shape index (κ3) is 3.87. The molecular weight excluding hydrogens is 381 g/mol. The summed E-state index contributed by atoms with van der Waals surface area (Å²) in [5.74, 6) is 0.926. The van der Waals surface area contributed by atoms with Crippen LogP contribution in [0.15, 0.2) is 42.5 Å². The Hall–Kier alpha value is -2.87. The molecule has 0 aliphatic carbocycles.